The van der Waals surface area contributed by atoms with Crippen LogP contribution in [0.1, 0.15) is 30.5 Å². The average Bonchev–Trinajstić information content (AvgIpc) is 3.26. The van der Waals surface area contributed by atoms with Crippen molar-refractivity contribution < 1.29 is 19.2 Å². The second-order valence-electron chi connectivity index (χ2n) is 7.35. The standard InChI is InChI=1S/C23H20N4O5S/c1-14(28)24-19-10-11-32-21-8-5-16(12-18(19)21)20-13-33-23(25-20)26-22(29)9-4-15-2-6-17(7-3-15)27(30)31/h2-9,12-13,19H,10-11H2,1H3,(H,24,28)(H,25,26,29)/b9-4+. The molecule has 9 nitrogen and oxygen atoms in total. The molecule has 0 saturated heterocycles. The highest BCUT2D eigenvalue weighted by atomic mass is 32.1. The number of thiazole rings is 1. The SMILES string of the molecule is CC(=O)NC1CCOc2ccc(-c3csc(NC(=O)/C=C/c4ccc([N+](=O)[O-])cc4)n3)cc21. The first-order chi connectivity index (χ1) is 15.9. The molecule has 1 unspecified atom stereocenters. The first-order valence-electron chi connectivity index (χ1n) is 10.1. The van der Waals surface area contributed by atoms with Gasteiger partial charge in [-0.2, -0.15) is 0 Å². The van der Waals surface area contributed by atoms with Gasteiger partial charge in [-0.25, -0.2) is 4.98 Å². The van der Waals surface area contributed by atoms with E-state index < -0.39 is 4.92 Å². The van der Waals surface area contributed by atoms with E-state index >= 15 is 0 Å². The maximum Gasteiger partial charge on any atom is 0.269 e. The second-order valence-corrected chi connectivity index (χ2v) is 8.21. The van der Waals surface area contributed by atoms with Crippen molar-refractivity contribution in [3.8, 4) is 17.0 Å². The Bertz CT molecular complexity index is 1240. The molecule has 1 atom stereocenters. The topological polar surface area (TPSA) is 123 Å². The van der Waals surface area contributed by atoms with Gasteiger partial charge in [0.2, 0.25) is 11.8 Å². The van der Waals surface area contributed by atoms with Gasteiger partial charge in [0.25, 0.3) is 5.69 Å². The normalized spacial score (nSPS) is 14.9. The van der Waals surface area contributed by atoms with Crippen molar-refractivity contribution in [3.05, 3.63) is 75.2 Å². The Balaban J connectivity index is 1.44. The fraction of sp³-hybridized carbons (Fsp3) is 0.174. The van der Waals surface area contributed by atoms with Crippen LogP contribution in [-0.2, 0) is 9.59 Å². The zero-order valence-corrected chi connectivity index (χ0v) is 18.4. The lowest BCUT2D eigenvalue weighted by molar-refractivity contribution is -0.384. The number of rotatable bonds is 6. The molecule has 1 aliphatic rings. The summed E-state index contributed by atoms with van der Waals surface area (Å²) < 4.78 is 5.70. The fourth-order valence-electron chi connectivity index (χ4n) is 3.44. The van der Waals surface area contributed by atoms with E-state index in [0.717, 1.165) is 16.9 Å². The minimum absolute atomic E-state index is 0.0101. The van der Waals surface area contributed by atoms with Gasteiger partial charge >= 0.3 is 0 Å². The molecule has 33 heavy (non-hydrogen) atoms. The molecule has 2 heterocycles. The molecule has 3 aromatic rings. The smallest absolute Gasteiger partial charge is 0.269 e. The van der Waals surface area contributed by atoms with Gasteiger partial charge in [-0.05, 0) is 42.0 Å². The minimum atomic E-state index is -0.476. The number of anilines is 1. The lowest BCUT2D eigenvalue weighted by Gasteiger charge is -2.26. The molecule has 0 saturated carbocycles. The Morgan fingerprint density at radius 3 is 2.76 bits per heavy atom. The van der Waals surface area contributed by atoms with Crippen LogP contribution in [0, 0.1) is 10.1 Å². The molecule has 0 aliphatic carbocycles. The van der Waals surface area contributed by atoms with Crippen molar-refractivity contribution in [3.63, 3.8) is 0 Å². The maximum atomic E-state index is 12.2. The van der Waals surface area contributed by atoms with Gasteiger partial charge in [0, 0.05) is 48.1 Å². The second kappa shape index (κ2) is 9.61. The number of non-ortho nitro benzene ring substituents is 1. The number of fused-ring (bicyclic) bond motifs is 1. The van der Waals surface area contributed by atoms with Crippen molar-refractivity contribution in [2.24, 2.45) is 0 Å². The summed E-state index contributed by atoms with van der Waals surface area (Å²) in [6.45, 7) is 2.03. The van der Waals surface area contributed by atoms with E-state index in [4.69, 9.17) is 4.74 Å². The lowest BCUT2D eigenvalue weighted by Crippen LogP contribution is -2.30. The van der Waals surface area contributed by atoms with Crippen molar-refractivity contribution in [1.82, 2.24) is 10.3 Å². The van der Waals surface area contributed by atoms with Crippen LogP contribution in [-0.4, -0.2) is 28.3 Å². The summed E-state index contributed by atoms with van der Waals surface area (Å²) in [6, 6.07) is 11.5. The number of amides is 2. The molecule has 168 valence electrons. The maximum absolute atomic E-state index is 12.2. The fourth-order valence-corrected chi connectivity index (χ4v) is 4.16. The zero-order chi connectivity index (χ0) is 23.4. The summed E-state index contributed by atoms with van der Waals surface area (Å²) in [6.07, 6.45) is 3.60. The molecule has 2 N–H and O–H groups in total. The van der Waals surface area contributed by atoms with Gasteiger partial charge in [0.05, 0.1) is 23.3 Å². The third-order valence-corrected chi connectivity index (χ3v) is 5.75. The first kappa shape index (κ1) is 22.2. The van der Waals surface area contributed by atoms with E-state index in [0.29, 0.717) is 29.4 Å². The molecule has 2 amide bonds. The van der Waals surface area contributed by atoms with Gasteiger partial charge in [0.15, 0.2) is 5.13 Å². The van der Waals surface area contributed by atoms with E-state index in [1.807, 2.05) is 23.6 Å². The third kappa shape index (κ3) is 5.42. The molecular formula is C23H20N4O5S. The van der Waals surface area contributed by atoms with E-state index in [2.05, 4.69) is 15.6 Å². The minimum Gasteiger partial charge on any atom is -0.493 e. The number of nitrogens with zero attached hydrogens (tertiary/aromatic N) is 2. The number of benzene rings is 2. The van der Waals surface area contributed by atoms with Gasteiger partial charge in [0.1, 0.15) is 5.75 Å². The average molecular weight is 465 g/mol. The molecular weight excluding hydrogens is 444 g/mol. The number of nitrogens with one attached hydrogen (secondary N) is 2. The Hall–Kier alpha value is -4.05. The van der Waals surface area contributed by atoms with Crippen LogP contribution in [0.3, 0.4) is 0 Å². The highest BCUT2D eigenvalue weighted by Gasteiger charge is 2.23. The molecule has 0 fully saturated rings. The number of hydrogen-bond acceptors (Lipinski definition) is 7. The largest absolute Gasteiger partial charge is 0.493 e. The van der Waals surface area contributed by atoms with E-state index in [1.165, 1.54) is 36.5 Å². The first-order valence-corrected chi connectivity index (χ1v) is 11.0. The van der Waals surface area contributed by atoms with Gasteiger partial charge in [-0.15, -0.1) is 11.3 Å². The molecule has 1 aliphatic heterocycles. The Labute approximate surface area is 193 Å². The lowest BCUT2D eigenvalue weighted by atomic mass is 9.97. The number of nitro benzene ring substituents is 1. The highest BCUT2D eigenvalue weighted by Crippen LogP contribution is 2.36. The van der Waals surface area contributed by atoms with Gasteiger partial charge < -0.3 is 10.1 Å². The number of ether oxygens (including phenoxy) is 1. The Kier molecular flexibility index (Phi) is 6.45. The van der Waals surface area contributed by atoms with Gasteiger partial charge in [-0.3, -0.25) is 25.0 Å². The van der Waals surface area contributed by atoms with Crippen LogP contribution in [0.5, 0.6) is 5.75 Å². The predicted octanol–water partition coefficient (Wildman–Crippen LogP) is 4.33. The molecule has 0 spiro atoms. The molecule has 1 aromatic heterocycles. The van der Waals surface area contributed by atoms with E-state index in [9.17, 15) is 19.7 Å². The van der Waals surface area contributed by atoms with Gasteiger partial charge in [-0.1, -0.05) is 0 Å². The van der Waals surface area contributed by atoms with Crippen molar-refractivity contribution >= 4 is 40.0 Å². The zero-order valence-electron chi connectivity index (χ0n) is 17.6. The van der Waals surface area contributed by atoms with Crippen LogP contribution in [0.2, 0.25) is 0 Å². The third-order valence-electron chi connectivity index (χ3n) is 4.99. The molecule has 10 heteroatoms. The Morgan fingerprint density at radius 2 is 2.03 bits per heavy atom. The summed E-state index contributed by atoms with van der Waals surface area (Å²) in [4.78, 5) is 38.5. The summed E-state index contributed by atoms with van der Waals surface area (Å²) in [5.41, 5.74) is 3.11. The van der Waals surface area contributed by atoms with Crippen molar-refractivity contribution in [2.45, 2.75) is 19.4 Å². The summed E-state index contributed by atoms with van der Waals surface area (Å²) in [7, 11) is 0. The highest BCUT2D eigenvalue weighted by molar-refractivity contribution is 7.14. The molecule has 4 rings (SSSR count). The number of carbonyl (C=O) groups is 2. The molecule has 0 radical (unpaired) electrons. The van der Waals surface area contributed by atoms with E-state index in [-0.39, 0.29) is 23.5 Å². The summed E-state index contributed by atoms with van der Waals surface area (Å²) >= 11 is 1.30. The monoisotopic (exact) mass is 464 g/mol. The Morgan fingerprint density at radius 1 is 1.24 bits per heavy atom. The molecule has 0 bridgehead atoms. The molecule has 2 aromatic carbocycles. The van der Waals surface area contributed by atoms with Crippen molar-refractivity contribution in [2.75, 3.05) is 11.9 Å². The van der Waals surface area contributed by atoms with Crippen LogP contribution >= 0.6 is 11.3 Å². The summed E-state index contributed by atoms with van der Waals surface area (Å²) in [5.74, 6) is 0.279. The number of hydrogen-bond donors (Lipinski definition) is 2. The number of carbonyl (C=O) groups excluding carboxylic acids is 2. The van der Waals surface area contributed by atoms with Crippen LogP contribution in [0.25, 0.3) is 17.3 Å². The van der Waals surface area contributed by atoms with E-state index in [1.54, 1.807) is 18.2 Å². The number of nitro groups is 1. The van der Waals surface area contributed by atoms with Crippen LogP contribution in [0.4, 0.5) is 10.8 Å². The predicted molar refractivity (Wildman–Crippen MR) is 125 cm³/mol. The van der Waals surface area contributed by atoms with Crippen molar-refractivity contribution in [1.29, 1.82) is 0 Å². The summed E-state index contributed by atoms with van der Waals surface area (Å²) in [5, 5.41) is 18.7. The van der Waals surface area contributed by atoms with Crippen LogP contribution < -0.4 is 15.4 Å². The van der Waals surface area contributed by atoms with Crippen LogP contribution in [0.15, 0.2) is 53.9 Å². The number of aromatic nitrogens is 1. The quantitative estimate of drug-likeness (QED) is 0.318.